The number of fused-ring (bicyclic) bond motifs is 1. The van der Waals surface area contributed by atoms with Crippen molar-refractivity contribution >= 4 is 18.3 Å². The molecule has 0 radical (unpaired) electrons. The molecule has 15 aromatic carbocycles. The van der Waals surface area contributed by atoms with Gasteiger partial charge in [0.1, 0.15) is 6.34 Å². The normalized spacial score (nSPS) is 13.8. The van der Waals surface area contributed by atoms with Crippen LogP contribution in [0.1, 0.15) is 35.6 Å². The first kappa shape index (κ1) is 65.5. The third-order valence-corrected chi connectivity index (χ3v) is 20.9. The highest BCUT2D eigenvalue weighted by atomic mass is 14.9. The molecule has 0 aliphatic heterocycles. The van der Waals surface area contributed by atoms with Crippen molar-refractivity contribution in [2.24, 2.45) is 10.4 Å². The predicted octanol–water partition coefficient (Wildman–Crippen LogP) is 26.2. The lowest BCUT2D eigenvalue weighted by atomic mass is 9.52. The van der Waals surface area contributed by atoms with Crippen molar-refractivity contribution in [3.8, 4) is 134 Å². The number of aliphatic imine (C=N–C) groups is 1. The minimum Gasteiger partial charge on any atom is -0.376 e. The van der Waals surface area contributed by atoms with Crippen molar-refractivity contribution in [1.82, 2.24) is 5.32 Å². The van der Waals surface area contributed by atoms with Gasteiger partial charge in [-0.25, -0.2) is 4.99 Å². The Morgan fingerprint density at radius 1 is 0.298 bits per heavy atom. The summed E-state index contributed by atoms with van der Waals surface area (Å²) in [6.07, 6.45) is 8.11. The van der Waals surface area contributed by atoms with Crippen molar-refractivity contribution in [2.75, 3.05) is 6.54 Å². The Labute approximate surface area is 611 Å². The second-order valence-corrected chi connectivity index (χ2v) is 27.4. The Morgan fingerprint density at radius 2 is 0.519 bits per heavy atom. The predicted molar refractivity (Wildman–Crippen MR) is 441 cm³/mol. The molecule has 2 N–H and O–H groups in total. The van der Waals surface area contributed by atoms with Crippen molar-refractivity contribution in [3.63, 3.8) is 0 Å². The van der Waals surface area contributed by atoms with Crippen LogP contribution < -0.4 is 5.32 Å². The molecule has 0 heterocycles. The van der Waals surface area contributed by atoms with E-state index in [0.717, 1.165) is 168 Å². The van der Waals surface area contributed by atoms with E-state index in [-0.39, 0.29) is 0 Å². The minimum absolute atomic E-state index is 0.534. The first-order chi connectivity index (χ1) is 51.2. The quantitative estimate of drug-likeness (QED) is 0.0473. The molecule has 3 nitrogen and oxygen atoms in total. The zero-order valence-electron chi connectivity index (χ0n) is 58.2. The lowest BCUT2D eigenvalue weighted by Gasteiger charge is -2.50. The Balaban J connectivity index is 1.08. The van der Waals surface area contributed by atoms with Crippen LogP contribution in [0.3, 0.4) is 0 Å². The SMILES string of the molecule is C=C1C=CC(C)(CCNC=NC=N)C(c2cc(-c3cc(-c4ccccc4)cc(-c4ccccc4)c3)cc(-c3cc(-c4ccccc4)cc(-c4ccccc4)c3)c2)(c2cc(-c3cc(-c4ccccc4)cc(-c4ccccc4)c3)cc(-c3cc(-c4ccccc4)cc(-c4ccccc4)c3)c2)c2ccccc21. The molecule has 104 heavy (non-hydrogen) atoms. The lowest BCUT2D eigenvalue weighted by Crippen LogP contribution is -2.46. The molecular formula is C101H77N3. The molecule has 0 spiro atoms. The minimum atomic E-state index is -1.05. The third-order valence-electron chi connectivity index (χ3n) is 20.9. The van der Waals surface area contributed by atoms with Gasteiger partial charge in [0.2, 0.25) is 0 Å². The van der Waals surface area contributed by atoms with Gasteiger partial charge in [-0.05, 0) is 277 Å². The number of rotatable bonds is 19. The molecule has 0 saturated heterocycles. The highest BCUT2D eigenvalue weighted by molar-refractivity contribution is 5.91. The van der Waals surface area contributed by atoms with E-state index < -0.39 is 10.8 Å². The topological polar surface area (TPSA) is 48.2 Å². The summed E-state index contributed by atoms with van der Waals surface area (Å²) in [5.41, 5.74) is 30.3. The number of nitrogens with one attached hydrogen (secondary N) is 2. The maximum Gasteiger partial charge on any atom is 0.108 e. The summed E-state index contributed by atoms with van der Waals surface area (Å²) in [7, 11) is 0. The van der Waals surface area contributed by atoms with Crippen LogP contribution in [0.25, 0.3) is 139 Å². The fourth-order valence-corrected chi connectivity index (χ4v) is 15.7. The molecule has 1 atom stereocenters. The Kier molecular flexibility index (Phi) is 18.4. The zero-order chi connectivity index (χ0) is 70.2. The molecule has 0 aromatic heterocycles. The van der Waals surface area contributed by atoms with Crippen LogP contribution in [0.4, 0.5) is 0 Å². The molecule has 0 amide bonds. The molecule has 1 aliphatic carbocycles. The van der Waals surface area contributed by atoms with E-state index in [2.05, 4.69) is 405 Å². The van der Waals surface area contributed by atoms with Gasteiger partial charge in [0.05, 0.1) is 11.8 Å². The van der Waals surface area contributed by atoms with Gasteiger partial charge in [0.25, 0.3) is 0 Å². The molecule has 15 aromatic rings. The van der Waals surface area contributed by atoms with Crippen LogP contribution in [0.15, 0.2) is 400 Å². The van der Waals surface area contributed by atoms with Crippen LogP contribution in [0.5, 0.6) is 0 Å². The van der Waals surface area contributed by atoms with Gasteiger partial charge in [0.15, 0.2) is 0 Å². The number of nitrogens with zero attached hydrogens (tertiary/aromatic N) is 1. The summed E-state index contributed by atoms with van der Waals surface area (Å²) >= 11 is 0. The van der Waals surface area contributed by atoms with E-state index in [9.17, 15) is 0 Å². The van der Waals surface area contributed by atoms with Gasteiger partial charge < -0.3 is 5.32 Å². The lowest BCUT2D eigenvalue weighted by molar-refractivity contribution is 0.267. The van der Waals surface area contributed by atoms with Crippen molar-refractivity contribution < 1.29 is 0 Å². The summed E-state index contributed by atoms with van der Waals surface area (Å²) in [5.74, 6) is 0. The van der Waals surface area contributed by atoms with Gasteiger partial charge in [-0.15, -0.1) is 0 Å². The number of hydrogen-bond donors (Lipinski definition) is 2. The van der Waals surface area contributed by atoms with Crippen LogP contribution in [0, 0.1) is 10.8 Å². The second kappa shape index (κ2) is 29.2. The van der Waals surface area contributed by atoms with E-state index >= 15 is 0 Å². The van der Waals surface area contributed by atoms with Crippen LogP contribution >= 0.6 is 0 Å². The summed E-state index contributed by atoms with van der Waals surface area (Å²) in [6, 6.07) is 139. The van der Waals surface area contributed by atoms with Crippen molar-refractivity contribution in [3.05, 3.63) is 417 Å². The average Bonchev–Trinajstić information content (AvgIpc) is 1.22. The van der Waals surface area contributed by atoms with Gasteiger partial charge in [-0.3, -0.25) is 5.41 Å². The summed E-state index contributed by atoms with van der Waals surface area (Å²) in [4.78, 5) is 4.28. The summed E-state index contributed by atoms with van der Waals surface area (Å²) in [6.45, 7) is 7.97. The fraction of sp³-hybridized carbons (Fsp3) is 0.0495. The van der Waals surface area contributed by atoms with Crippen LogP contribution in [0.2, 0.25) is 0 Å². The molecule has 3 heteroatoms. The molecule has 0 fully saturated rings. The van der Waals surface area contributed by atoms with Crippen LogP contribution in [-0.2, 0) is 5.41 Å². The first-order valence-electron chi connectivity index (χ1n) is 35.8. The molecule has 1 aliphatic rings. The third kappa shape index (κ3) is 13.3. The number of hydrogen-bond acceptors (Lipinski definition) is 1. The molecule has 0 bridgehead atoms. The van der Waals surface area contributed by atoms with Gasteiger partial charge in [0, 0.05) is 12.0 Å². The summed E-state index contributed by atoms with van der Waals surface area (Å²) < 4.78 is 0. The fourth-order valence-electron chi connectivity index (χ4n) is 15.7. The van der Waals surface area contributed by atoms with E-state index in [1.807, 2.05) is 0 Å². The zero-order valence-corrected chi connectivity index (χ0v) is 58.2. The standard InChI is InChI=1S/C101H77N3/c1-71-47-48-100(2,49-50-103-70-104-69-102)101(99-46-28-27-45-98(71)99,96-65-92(88-55-80(72-29-11-3-12-30-72)51-81(56-88)73-31-13-4-14-32-73)63-93(66-96)89-57-82(74-33-15-5-16-34-74)52-83(58-89)75-35-17-6-18-36-75)97-67-94(90-59-84(76-37-19-7-20-38-76)53-85(60-90)77-39-21-8-22-40-77)64-95(68-97)91-61-86(78-41-23-9-24-42-78)54-87(62-91)79-43-25-10-26-44-79/h3-48,51-70H,1,49-50H2,2H3,(H2,102,103,104). The van der Waals surface area contributed by atoms with E-state index in [4.69, 9.17) is 12.0 Å². The highest BCUT2D eigenvalue weighted by Crippen LogP contribution is 2.60. The largest absolute Gasteiger partial charge is 0.376 e. The van der Waals surface area contributed by atoms with Gasteiger partial charge in [-0.1, -0.05) is 293 Å². The van der Waals surface area contributed by atoms with E-state index in [0.29, 0.717) is 13.0 Å². The Hall–Kier alpha value is -13.1. The maximum absolute atomic E-state index is 7.97. The monoisotopic (exact) mass is 1330 g/mol. The van der Waals surface area contributed by atoms with Crippen molar-refractivity contribution in [1.29, 1.82) is 5.41 Å². The maximum atomic E-state index is 7.97. The Bertz CT molecular complexity index is 4830. The van der Waals surface area contributed by atoms with Crippen molar-refractivity contribution in [2.45, 2.75) is 18.8 Å². The molecule has 0 saturated carbocycles. The summed E-state index contributed by atoms with van der Waals surface area (Å²) in [5, 5.41) is 11.5. The molecular weight excluding hydrogens is 1260 g/mol. The second-order valence-electron chi connectivity index (χ2n) is 27.4. The Morgan fingerprint density at radius 3 is 0.769 bits per heavy atom. The number of allylic oxidation sites excluding steroid dienone is 3. The smallest absolute Gasteiger partial charge is 0.108 e. The molecule has 496 valence electrons. The first-order valence-corrected chi connectivity index (χ1v) is 35.8. The molecule has 1 unspecified atom stereocenters. The average molecular weight is 1330 g/mol. The van der Waals surface area contributed by atoms with E-state index in [1.165, 1.54) is 0 Å². The van der Waals surface area contributed by atoms with Gasteiger partial charge in [-0.2, -0.15) is 0 Å². The number of benzene rings is 15. The van der Waals surface area contributed by atoms with Gasteiger partial charge >= 0.3 is 0 Å². The highest BCUT2D eigenvalue weighted by Gasteiger charge is 2.53. The van der Waals surface area contributed by atoms with E-state index in [1.54, 1.807) is 6.34 Å². The molecule has 16 rings (SSSR count). The van der Waals surface area contributed by atoms with Crippen LogP contribution in [-0.4, -0.2) is 19.2 Å².